The maximum Gasteiger partial charge on any atom is 0.107 e. The summed E-state index contributed by atoms with van der Waals surface area (Å²) in [6, 6.07) is 0.804. The van der Waals surface area contributed by atoms with Crippen molar-refractivity contribution in [3.05, 3.63) is 16.1 Å². The molecular formula is C14H24N4S. The second-order valence-corrected chi connectivity index (χ2v) is 6.63. The molecule has 1 unspecified atom stereocenters. The van der Waals surface area contributed by atoms with Crippen molar-refractivity contribution in [1.29, 1.82) is 0 Å². The van der Waals surface area contributed by atoms with E-state index in [1.165, 1.54) is 56.1 Å². The van der Waals surface area contributed by atoms with E-state index in [1.807, 2.05) is 7.05 Å². The molecule has 2 saturated heterocycles. The van der Waals surface area contributed by atoms with Gasteiger partial charge in [-0.3, -0.25) is 9.80 Å². The standard InChI is InChI=1S/C14H24N4S/c1-15-8-14-16-12(11-19-14)9-17-7-4-13(10-17)18-5-2-3-6-18/h11,13,15H,2-10H2,1H3. The number of hydrogen-bond acceptors (Lipinski definition) is 5. The van der Waals surface area contributed by atoms with Crippen LogP contribution >= 0.6 is 11.3 Å². The summed E-state index contributed by atoms with van der Waals surface area (Å²) in [6.45, 7) is 7.04. The lowest BCUT2D eigenvalue weighted by Gasteiger charge is -2.23. The van der Waals surface area contributed by atoms with E-state index in [-0.39, 0.29) is 0 Å². The summed E-state index contributed by atoms with van der Waals surface area (Å²) in [6.07, 6.45) is 4.14. The fourth-order valence-electron chi connectivity index (χ4n) is 3.24. The highest BCUT2D eigenvalue weighted by Gasteiger charge is 2.29. The van der Waals surface area contributed by atoms with Crippen molar-refractivity contribution in [2.75, 3.05) is 33.2 Å². The topological polar surface area (TPSA) is 31.4 Å². The van der Waals surface area contributed by atoms with Gasteiger partial charge in [-0.1, -0.05) is 0 Å². The van der Waals surface area contributed by atoms with Crippen LogP contribution in [0, 0.1) is 0 Å². The van der Waals surface area contributed by atoms with E-state index < -0.39 is 0 Å². The van der Waals surface area contributed by atoms with Crippen LogP contribution in [0.2, 0.25) is 0 Å². The summed E-state index contributed by atoms with van der Waals surface area (Å²) in [5.41, 5.74) is 1.25. The van der Waals surface area contributed by atoms with E-state index in [1.54, 1.807) is 11.3 Å². The van der Waals surface area contributed by atoms with Gasteiger partial charge in [-0.05, 0) is 39.4 Å². The molecule has 1 N–H and O–H groups in total. The molecule has 0 aromatic carbocycles. The minimum absolute atomic E-state index is 0.804. The molecule has 5 heteroatoms. The summed E-state index contributed by atoms with van der Waals surface area (Å²) in [5, 5.41) is 6.58. The summed E-state index contributed by atoms with van der Waals surface area (Å²) in [4.78, 5) is 9.95. The SMILES string of the molecule is CNCc1nc(CN2CCC(N3CCCC3)C2)cs1. The number of likely N-dealkylation sites (tertiary alicyclic amines) is 2. The minimum atomic E-state index is 0.804. The molecule has 1 aromatic heterocycles. The summed E-state index contributed by atoms with van der Waals surface area (Å²) in [7, 11) is 1.97. The minimum Gasteiger partial charge on any atom is -0.314 e. The highest BCUT2D eigenvalue weighted by molar-refractivity contribution is 7.09. The van der Waals surface area contributed by atoms with Crippen LogP contribution in [-0.4, -0.2) is 54.1 Å². The monoisotopic (exact) mass is 280 g/mol. The second kappa shape index (κ2) is 6.31. The third-order valence-corrected chi connectivity index (χ3v) is 5.12. The van der Waals surface area contributed by atoms with Gasteiger partial charge < -0.3 is 5.32 Å². The molecule has 3 heterocycles. The van der Waals surface area contributed by atoms with Gasteiger partial charge in [-0.2, -0.15) is 0 Å². The number of nitrogens with one attached hydrogen (secondary N) is 1. The molecule has 106 valence electrons. The smallest absolute Gasteiger partial charge is 0.107 e. The second-order valence-electron chi connectivity index (χ2n) is 5.68. The highest BCUT2D eigenvalue weighted by atomic mass is 32.1. The molecular weight excluding hydrogens is 256 g/mol. The molecule has 4 nitrogen and oxygen atoms in total. The molecule has 0 amide bonds. The van der Waals surface area contributed by atoms with Crippen LogP contribution in [0.15, 0.2) is 5.38 Å². The van der Waals surface area contributed by atoms with Gasteiger partial charge in [0.25, 0.3) is 0 Å². The summed E-state index contributed by atoms with van der Waals surface area (Å²) >= 11 is 1.77. The van der Waals surface area contributed by atoms with Crippen molar-refractivity contribution >= 4 is 11.3 Å². The van der Waals surface area contributed by atoms with Crippen LogP contribution in [0.5, 0.6) is 0 Å². The molecule has 2 aliphatic rings. The molecule has 1 atom stereocenters. The van der Waals surface area contributed by atoms with Crippen molar-refractivity contribution < 1.29 is 0 Å². The zero-order valence-electron chi connectivity index (χ0n) is 11.8. The van der Waals surface area contributed by atoms with Crippen LogP contribution in [0.3, 0.4) is 0 Å². The summed E-state index contributed by atoms with van der Waals surface area (Å²) < 4.78 is 0. The Morgan fingerprint density at radius 1 is 1.37 bits per heavy atom. The van der Waals surface area contributed by atoms with Gasteiger partial charge in [0, 0.05) is 37.6 Å². The largest absolute Gasteiger partial charge is 0.314 e. The predicted octanol–water partition coefficient (Wildman–Crippen LogP) is 1.53. The van der Waals surface area contributed by atoms with Gasteiger partial charge in [0.1, 0.15) is 5.01 Å². The molecule has 0 radical (unpaired) electrons. The molecule has 2 aliphatic heterocycles. The number of hydrogen-bond donors (Lipinski definition) is 1. The average Bonchev–Trinajstić information content (AvgIpc) is 3.10. The van der Waals surface area contributed by atoms with Gasteiger partial charge in [0.15, 0.2) is 0 Å². The lowest BCUT2D eigenvalue weighted by Crippen LogP contribution is -2.35. The highest BCUT2D eigenvalue weighted by Crippen LogP contribution is 2.22. The van der Waals surface area contributed by atoms with E-state index in [0.717, 1.165) is 19.1 Å². The van der Waals surface area contributed by atoms with E-state index in [0.29, 0.717) is 0 Å². The Kier molecular flexibility index (Phi) is 4.48. The van der Waals surface area contributed by atoms with Gasteiger partial charge in [0.2, 0.25) is 0 Å². The fourth-order valence-corrected chi connectivity index (χ4v) is 4.04. The zero-order valence-corrected chi connectivity index (χ0v) is 12.6. The third kappa shape index (κ3) is 3.34. The molecule has 19 heavy (non-hydrogen) atoms. The van der Waals surface area contributed by atoms with E-state index in [2.05, 4.69) is 25.5 Å². The maximum absolute atomic E-state index is 4.69. The normalized spacial score (nSPS) is 25.4. The Morgan fingerprint density at radius 3 is 3.00 bits per heavy atom. The lowest BCUT2D eigenvalue weighted by atomic mass is 10.2. The van der Waals surface area contributed by atoms with Crippen LogP contribution in [0.25, 0.3) is 0 Å². The molecule has 0 bridgehead atoms. The molecule has 0 spiro atoms. The zero-order chi connectivity index (χ0) is 13.1. The first-order chi connectivity index (χ1) is 9.35. The number of nitrogens with zero attached hydrogens (tertiary/aromatic N) is 3. The van der Waals surface area contributed by atoms with Crippen molar-refractivity contribution in [2.45, 2.75) is 38.4 Å². The average molecular weight is 280 g/mol. The Bertz CT molecular complexity index is 400. The maximum atomic E-state index is 4.69. The van der Waals surface area contributed by atoms with Crippen molar-refractivity contribution in [3.63, 3.8) is 0 Å². The van der Waals surface area contributed by atoms with Crippen molar-refractivity contribution in [3.8, 4) is 0 Å². The van der Waals surface area contributed by atoms with Gasteiger partial charge in [0.05, 0.1) is 5.69 Å². The third-order valence-electron chi connectivity index (χ3n) is 4.22. The molecule has 2 fully saturated rings. The Hall–Kier alpha value is -0.490. The Balaban J connectivity index is 1.50. The van der Waals surface area contributed by atoms with Gasteiger partial charge in [-0.25, -0.2) is 4.98 Å². The molecule has 3 rings (SSSR count). The first-order valence-electron chi connectivity index (χ1n) is 7.39. The lowest BCUT2D eigenvalue weighted by molar-refractivity contribution is 0.229. The first kappa shape index (κ1) is 13.5. The van der Waals surface area contributed by atoms with Crippen LogP contribution in [0.4, 0.5) is 0 Å². The van der Waals surface area contributed by atoms with E-state index in [4.69, 9.17) is 0 Å². The van der Waals surface area contributed by atoms with E-state index in [9.17, 15) is 0 Å². The Morgan fingerprint density at radius 2 is 2.21 bits per heavy atom. The van der Waals surface area contributed by atoms with Gasteiger partial charge in [-0.15, -0.1) is 11.3 Å². The van der Waals surface area contributed by atoms with Crippen LogP contribution < -0.4 is 5.32 Å². The quantitative estimate of drug-likeness (QED) is 0.886. The molecule has 0 saturated carbocycles. The predicted molar refractivity (Wildman–Crippen MR) is 79.4 cm³/mol. The number of aromatic nitrogens is 1. The van der Waals surface area contributed by atoms with Crippen molar-refractivity contribution in [2.24, 2.45) is 0 Å². The van der Waals surface area contributed by atoms with Crippen molar-refractivity contribution in [1.82, 2.24) is 20.1 Å². The van der Waals surface area contributed by atoms with Crippen LogP contribution in [-0.2, 0) is 13.1 Å². The number of rotatable bonds is 5. The summed E-state index contributed by atoms with van der Waals surface area (Å²) in [5.74, 6) is 0. The molecule has 1 aromatic rings. The molecule has 0 aliphatic carbocycles. The van der Waals surface area contributed by atoms with Gasteiger partial charge >= 0.3 is 0 Å². The van der Waals surface area contributed by atoms with E-state index >= 15 is 0 Å². The fraction of sp³-hybridized carbons (Fsp3) is 0.786. The first-order valence-corrected chi connectivity index (χ1v) is 8.27. The Labute approximate surface area is 119 Å². The van der Waals surface area contributed by atoms with Crippen LogP contribution in [0.1, 0.15) is 30.0 Å². The number of thiazole rings is 1.